The topological polar surface area (TPSA) is 0 Å². The van der Waals surface area contributed by atoms with Crippen molar-refractivity contribution in [3.05, 3.63) is 60.2 Å². The summed E-state index contributed by atoms with van der Waals surface area (Å²) in [6.45, 7) is 0. The van der Waals surface area contributed by atoms with E-state index in [2.05, 4.69) is 42.5 Å². The molecule has 64 valence electrons. The summed E-state index contributed by atoms with van der Waals surface area (Å²) in [6.07, 6.45) is 8.55. The molecule has 1 aliphatic carbocycles. The maximum absolute atomic E-state index is 4.73. The largest absolute Gasteiger partial charge is 0.0732 e. The van der Waals surface area contributed by atoms with Crippen LogP contribution in [0.3, 0.4) is 0 Å². The van der Waals surface area contributed by atoms with Crippen LogP contribution in [0.5, 0.6) is 0 Å². The van der Waals surface area contributed by atoms with Gasteiger partial charge in [-0.1, -0.05) is 48.6 Å². The quantitative estimate of drug-likeness (QED) is 0.732. The number of hydrogen-bond acceptors (Lipinski definition) is 0. The van der Waals surface area contributed by atoms with Gasteiger partial charge in [0.15, 0.2) is 0 Å². The molecular weight excluding hydrogens is 259 g/mol. The Balaban J connectivity index is 0.000000396. The van der Waals surface area contributed by atoms with Gasteiger partial charge in [-0.25, -0.2) is 0 Å². The van der Waals surface area contributed by atoms with Crippen LogP contribution in [-0.2, 0) is 23.5 Å². The van der Waals surface area contributed by atoms with Crippen molar-refractivity contribution in [3.63, 3.8) is 0 Å². The maximum Gasteiger partial charge on any atom is 0.0204 e. The average molecular weight is 268 g/mol. The molecule has 0 amide bonds. The van der Waals surface area contributed by atoms with E-state index in [9.17, 15) is 0 Å². The molecule has 1 aliphatic rings. The Morgan fingerprint density at radius 2 is 1.62 bits per heavy atom. The molecule has 0 aromatic heterocycles. The van der Waals surface area contributed by atoms with Crippen molar-refractivity contribution in [2.75, 3.05) is 0 Å². The summed E-state index contributed by atoms with van der Waals surface area (Å²) >= 11 is 1.02. The minimum absolute atomic E-state index is 0.490. The normalized spacial score (nSPS) is 13.8. The van der Waals surface area contributed by atoms with Crippen LogP contribution >= 0.6 is 8.51 Å². The molecule has 0 saturated heterocycles. The zero-order chi connectivity index (χ0) is 9.52. The van der Waals surface area contributed by atoms with E-state index < -0.39 is 0 Å². The molecule has 0 bridgehead atoms. The van der Waals surface area contributed by atoms with E-state index in [1.54, 1.807) is 0 Å². The fourth-order valence-electron chi connectivity index (χ4n) is 1.28. The Morgan fingerprint density at radius 1 is 1.08 bits per heavy atom. The Hall–Kier alpha value is -0.127. The molecule has 0 fully saturated rings. The standard InChI is InChI=1S/C11H9.ClH.Zr/c1-2-6-10(7-3-1)11-8-4-5-9-11;;/h2-9,11H;1H;/q;;+1/p-1. The number of rotatable bonds is 1. The van der Waals surface area contributed by atoms with Gasteiger partial charge in [-0.05, 0) is 11.6 Å². The van der Waals surface area contributed by atoms with Crippen LogP contribution in [0.2, 0.25) is 0 Å². The van der Waals surface area contributed by atoms with Gasteiger partial charge < -0.3 is 0 Å². The van der Waals surface area contributed by atoms with Gasteiger partial charge in [0.1, 0.15) is 0 Å². The average Bonchev–Trinajstić information content (AvgIpc) is 2.75. The molecule has 0 nitrogen and oxygen atoms in total. The van der Waals surface area contributed by atoms with E-state index in [0.29, 0.717) is 5.92 Å². The van der Waals surface area contributed by atoms with Crippen molar-refractivity contribution >= 4 is 8.51 Å². The minimum atomic E-state index is 0.490. The molecule has 0 spiro atoms. The van der Waals surface area contributed by atoms with E-state index >= 15 is 0 Å². The Bertz CT molecular complexity index is 278. The molecule has 0 atom stereocenters. The second-order valence-electron chi connectivity index (χ2n) is 2.63. The third-order valence-electron chi connectivity index (χ3n) is 1.88. The molecule has 2 heteroatoms. The SMILES string of the molecule is [Cl][Zr].[c]1ccc(C2C=CC=C2)cc1. The molecule has 0 saturated carbocycles. The van der Waals surface area contributed by atoms with Crippen molar-refractivity contribution in [1.82, 2.24) is 0 Å². The summed E-state index contributed by atoms with van der Waals surface area (Å²) in [5, 5.41) is 0. The van der Waals surface area contributed by atoms with Crippen molar-refractivity contribution in [2.24, 2.45) is 0 Å². The molecule has 1 radical (unpaired) electrons. The molecule has 0 aliphatic heterocycles. The van der Waals surface area contributed by atoms with Gasteiger partial charge in [-0.15, -0.1) is 0 Å². The molecule has 2 rings (SSSR count). The summed E-state index contributed by atoms with van der Waals surface area (Å²) in [4.78, 5) is 0. The fraction of sp³-hybridized carbons (Fsp3) is 0.0909. The Labute approximate surface area is 97.7 Å². The van der Waals surface area contributed by atoms with E-state index in [-0.39, 0.29) is 0 Å². The number of hydrogen-bond donors (Lipinski definition) is 0. The van der Waals surface area contributed by atoms with Crippen molar-refractivity contribution < 1.29 is 23.5 Å². The van der Waals surface area contributed by atoms with Crippen LogP contribution in [0, 0.1) is 6.07 Å². The zero-order valence-corrected chi connectivity index (χ0v) is 10.3. The van der Waals surface area contributed by atoms with Crippen LogP contribution in [0.1, 0.15) is 11.5 Å². The van der Waals surface area contributed by atoms with Crippen LogP contribution < -0.4 is 0 Å². The van der Waals surface area contributed by atoms with Crippen LogP contribution in [0.15, 0.2) is 48.6 Å². The molecule has 1 aromatic carbocycles. The summed E-state index contributed by atoms with van der Waals surface area (Å²) < 4.78 is 0. The summed E-state index contributed by atoms with van der Waals surface area (Å²) in [5.74, 6) is 0.490. The second-order valence-corrected chi connectivity index (χ2v) is 2.63. The fourth-order valence-corrected chi connectivity index (χ4v) is 1.28. The molecule has 0 unspecified atom stereocenters. The molecule has 1 aromatic rings. The summed E-state index contributed by atoms with van der Waals surface area (Å²) in [7, 11) is 4.73. The smallest absolute Gasteiger partial charge is 0.0204 e. The monoisotopic (exact) mass is 266 g/mol. The second kappa shape index (κ2) is 6.35. The van der Waals surface area contributed by atoms with E-state index in [4.69, 9.17) is 8.51 Å². The van der Waals surface area contributed by atoms with Gasteiger partial charge in [0.25, 0.3) is 0 Å². The van der Waals surface area contributed by atoms with Crippen molar-refractivity contribution in [1.29, 1.82) is 0 Å². The first-order valence-electron chi connectivity index (χ1n) is 3.97. The van der Waals surface area contributed by atoms with Crippen molar-refractivity contribution in [2.45, 2.75) is 5.92 Å². The van der Waals surface area contributed by atoms with Gasteiger partial charge in [-0.3, -0.25) is 0 Å². The third kappa shape index (κ3) is 3.25. The molecular formula is C11H9ClZr. The molecule has 13 heavy (non-hydrogen) atoms. The first kappa shape index (κ1) is 11.0. The predicted molar refractivity (Wildman–Crippen MR) is 52.2 cm³/mol. The van der Waals surface area contributed by atoms with Crippen LogP contribution in [0.4, 0.5) is 0 Å². The van der Waals surface area contributed by atoms with Crippen molar-refractivity contribution in [3.8, 4) is 0 Å². The molecule has 0 N–H and O–H groups in total. The summed E-state index contributed by atoms with van der Waals surface area (Å²) in [6, 6.07) is 11.1. The Kier molecular flexibility index (Phi) is 5.35. The number of allylic oxidation sites excluding steroid dienone is 4. The van der Waals surface area contributed by atoms with Crippen LogP contribution in [-0.4, -0.2) is 0 Å². The Morgan fingerprint density at radius 3 is 2.15 bits per heavy atom. The van der Waals surface area contributed by atoms with E-state index in [1.165, 1.54) is 5.56 Å². The van der Waals surface area contributed by atoms with E-state index in [1.807, 2.05) is 12.1 Å². The van der Waals surface area contributed by atoms with Crippen LogP contribution in [0.25, 0.3) is 0 Å². The third-order valence-corrected chi connectivity index (χ3v) is 1.88. The zero-order valence-electron chi connectivity index (χ0n) is 7.07. The van der Waals surface area contributed by atoms with Gasteiger partial charge in [0.05, 0.1) is 0 Å². The maximum atomic E-state index is 4.73. The first-order valence-corrected chi connectivity index (χ1v) is 7.13. The number of benzene rings is 1. The minimum Gasteiger partial charge on any atom is -0.0732 e. The number of halogens is 1. The van der Waals surface area contributed by atoms with E-state index in [0.717, 1.165) is 23.5 Å². The van der Waals surface area contributed by atoms with Gasteiger partial charge in [-0.2, -0.15) is 0 Å². The van der Waals surface area contributed by atoms with Gasteiger partial charge >= 0.3 is 32.0 Å². The van der Waals surface area contributed by atoms with Gasteiger partial charge in [0.2, 0.25) is 0 Å². The predicted octanol–water partition coefficient (Wildman–Crippen LogP) is 3.38. The summed E-state index contributed by atoms with van der Waals surface area (Å²) in [5.41, 5.74) is 1.34. The molecule has 0 heterocycles. The van der Waals surface area contributed by atoms with Gasteiger partial charge in [0, 0.05) is 5.92 Å². The first-order chi connectivity index (χ1) is 6.47.